The van der Waals surface area contributed by atoms with Crippen LogP contribution < -0.4 is 0 Å². The minimum Gasteiger partial charge on any atom is -0.394 e. The van der Waals surface area contributed by atoms with Crippen LogP contribution in [0.4, 0.5) is 0 Å². The molecule has 0 bridgehead atoms. The summed E-state index contributed by atoms with van der Waals surface area (Å²) in [6.07, 6.45) is -25.5. The quantitative estimate of drug-likeness (QED) is 0.154. The number of aliphatic hydroxyl groups is 11. The highest BCUT2D eigenvalue weighted by molar-refractivity contribution is 4.96. The van der Waals surface area contributed by atoms with Gasteiger partial charge in [-0.05, 0) is 0 Å². The molecule has 3 rings (SSSR count). The summed E-state index contributed by atoms with van der Waals surface area (Å²) >= 11 is 0. The summed E-state index contributed by atoms with van der Waals surface area (Å²) in [5, 5.41) is 110. The minimum atomic E-state index is -1.92. The first-order chi connectivity index (χ1) is 16.0. The van der Waals surface area contributed by atoms with E-state index in [1.165, 1.54) is 0 Å². The first-order valence-corrected chi connectivity index (χ1v) is 10.6. The normalized spacial score (nSPS) is 52.5. The summed E-state index contributed by atoms with van der Waals surface area (Å²) in [4.78, 5) is 0. The second kappa shape index (κ2) is 11.6. The van der Waals surface area contributed by atoms with Gasteiger partial charge in [0.25, 0.3) is 0 Å². The molecule has 34 heavy (non-hydrogen) atoms. The van der Waals surface area contributed by atoms with E-state index in [0.29, 0.717) is 0 Å². The average Bonchev–Trinajstić information content (AvgIpc) is 2.82. The number of ether oxygens (including phenoxy) is 5. The van der Waals surface area contributed by atoms with Crippen molar-refractivity contribution >= 4 is 0 Å². The first-order valence-electron chi connectivity index (χ1n) is 10.6. The fourth-order valence-corrected chi connectivity index (χ4v) is 4.04. The smallest absolute Gasteiger partial charge is 0.187 e. The summed E-state index contributed by atoms with van der Waals surface area (Å²) in [5.74, 6) is 0. The third kappa shape index (κ3) is 5.37. The van der Waals surface area contributed by atoms with Crippen molar-refractivity contribution in [3.63, 3.8) is 0 Å². The van der Waals surface area contributed by atoms with Gasteiger partial charge in [-0.15, -0.1) is 0 Å². The molecule has 3 aliphatic heterocycles. The maximum absolute atomic E-state index is 10.7. The maximum atomic E-state index is 10.7. The van der Waals surface area contributed by atoms with Crippen LogP contribution in [0.1, 0.15) is 0 Å². The highest BCUT2D eigenvalue weighted by Crippen LogP contribution is 2.32. The Bertz CT molecular complexity index is 639. The molecule has 0 unspecified atom stereocenters. The molecule has 15 atom stereocenters. The van der Waals surface area contributed by atoms with E-state index in [1.54, 1.807) is 0 Å². The largest absolute Gasteiger partial charge is 0.394 e. The summed E-state index contributed by atoms with van der Waals surface area (Å²) < 4.78 is 26.2. The molecule has 200 valence electrons. The Hall–Kier alpha value is -0.640. The molecule has 0 aromatic heterocycles. The minimum absolute atomic E-state index is 0.750. The molecule has 3 saturated heterocycles. The predicted octanol–water partition coefficient (Wildman–Crippen LogP) is -7.57. The summed E-state index contributed by atoms with van der Waals surface area (Å²) in [6.45, 7) is -2.33. The standard InChI is InChI=1S/C18H32O16/c19-1-4-7(22)10(25)11(26)17(31-4)34-15-9(24)6(3-21)32-18(13(15)28)33-14-8(23)5(2-20)30-16(29)12(14)27/h4-29H,1-3H2/t4-,5-,6-,7-,8-,9-,10+,11+,12+,13+,14+,15+,16+,17-,18-/m0/s1. The highest BCUT2D eigenvalue weighted by atomic mass is 16.7. The van der Waals surface area contributed by atoms with E-state index < -0.39 is 112 Å². The SMILES string of the molecule is OC[C@@H]1O[C@@H](O[C@@H]2[C@@H](O)[C@H](CO)O[C@@H](O[C@H]3[C@@H](O)[C@H](O)O[C@@H](CO)[C@@H]3O)[C@@H]2O)[C@H](O)[C@H](O)[C@H]1O. The Morgan fingerprint density at radius 1 is 0.441 bits per heavy atom. The van der Waals surface area contributed by atoms with Crippen molar-refractivity contribution in [2.75, 3.05) is 19.8 Å². The van der Waals surface area contributed by atoms with E-state index in [0.717, 1.165) is 0 Å². The summed E-state index contributed by atoms with van der Waals surface area (Å²) in [6, 6.07) is 0. The zero-order valence-corrected chi connectivity index (χ0v) is 17.7. The Morgan fingerprint density at radius 2 is 0.853 bits per heavy atom. The third-order valence-corrected chi connectivity index (χ3v) is 6.09. The van der Waals surface area contributed by atoms with Gasteiger partial charge in [-0.1, -0.05) is 0 Å². The molecule has 16 heteroatoms. The van der Waals surface area contributed by atoms with Crippen molar-refractivity contribution in [3.8, 4) is 0 Å². The second-order valence-corrected chi connectivity index (χ2v) is 8.33. The van der Waals surface area contributed by atoms with Crippen molar-refractivity contribution < 1.29 is 79.9 Å². The van der Waals surface area contributed by atoms with E-state index in [-0.39, 0.29) is 0 Å². The Labute approximate surface area is 192 Å². The van der Waals surface area contributed by atoms with Gasteiger partial charge in [0.05, 0.1) is 19.8 Å². The molecule has 0 aromatic rings. The van der Waals surface area contributed by atoms with Gasteiger partial charge >= 0.3 is 0 Å². The number of hydrogen-bond acceptors (Lipinski definition) is 16. The lowest BCUT2D eigenvalue weighted by atomic mass is 9.96. The molecule has 0 aliphatic carbocycles. The van der Waals surface area contributed by atoms with E-state index >= 15 is 0 Å². The molecule has 0 radical (unpaired) electrons. The van der Waals surface area contributed by atoms with Gasteiger partial charge in [0.15, 0.2) is 18.9 Å². The number of rotatable bonds is 7. The van der Waals surface area contributed by atoms with Gasteiger partial charge in [-0.3, -0.25) is 0 Å². The fourth-order valence-electron chi connectivity index (χ4n) is 4.04. The molecule has 0 amide bonds. The third-order valence-electron chi connectivity index (χ3n) is 6.09. The maximum Gasteiger partial charge on any atom is 0.187 e. The Balaban J connectivity index is 1.78. The lowest BCUT2D eigenvalue weighted by Gasteiger charge is -2.47. The van der Waals surface area contributed by atoms with Gasteiger partial charge in [0.1, 0.15) is 73.2 Å². The molecular weight excluding hydrogens is 472 g/mol. The van der Waals surface area contributed by atoms with Gasteiger partial charge in [0, 0.05) is 0 Å². The second-order valence-electron chi connectivity index (χ2n) is 8.33. The van der Waals surface area contributed by atoms with Crippen molar-refractivity contribution in [2.45, 2.75) is 92.1 Å². The molecule has 16 nitrogen and oxygen atoms in total. The lowest BCUT2D eigenvalue weighted by Crippen LogP contribution is -2.66. The van der Waals surface area contributed by atoms with Crippen molar-refractivity contribution in [2.24, 2.45) is 0 Å². The van der Waals surface area contributed by atoms with Crippen LogP contribution in [0.15, 0.2) is 0 Å². The van der Waals surface area contributed by atoms with E-state index in [1.807, 2.05) is 0 Å². The molecule has 0 saturated carbocycles. The van der Waals surface area contributed by atoms with Crippen LogP contribution in [0.3, 0.4) is 0 Å². The van der Waals surface area contributed by atoms with Crippen LogP contribution in [0.25, 0.3) is 0 Å². The number of aliphatic hydroxyl groups excluding tert-OH is 11. The molecule has 0 aromatic carbocycles. The number of hydrogen-bond donors (Lipinski definition) is 11. The van der Waals surface area contributed by atoms with Crippen molar-refractivity contribution in [1.29, 1.82) is 0 Å². The van der Waals surface area contributed by atoms with Crippen LogP contribution in [0.2, 0.25) is 0 Å². The lowest BCUT2D eigenvalue weighted by molar-refractivity contribution is -0.379. The zero-order chi connectivity index (χ0) is 25.3. The molecule has 3 fully saturated rings. The van der Waals surface area contributed by atoms with Crippen molar-refractivity contribution in [3.05, 3.63) is 0 Å². The first kappa shape index (κ1) is 27.9. The highest BCUT2D eigenvalue weighted by Gasteiger charge is 2.53. The molecule has 3 aliphatic rings. The van der Waals surface area contributed by atoms with Crippen LogP contribution in [-0.2, 0) is 23.7 Å². The van der Waals surface area contributed by atoms with Crippen LogP contribution in [-0.4, -0.2) is 168 Å². The molecular formula is C18H32O16. The Morgan fingerprint density at radius 3 is 1.35 bits per heavy atom. The Kier molecular flexibility index (Phi) is 9.54. The predicted molar refractivity (Wildman–Crippen MR) is 101 cm³/mol. The topological polar surface area (TPSA) is 269 Å². The van der Waals surface area contributed by atoms with Crippen molar-refractivity contribution in [1.82, 2.24) is 0 Å². The fraction of sp³-hybridized carbons (Fsp3) is 1.00. The zero-order valence-electron chi connectivity index (χ0n) is 17.7. The van der Waals surface area contributed by atoms with Crippen LogP contribution in [0, 0.1) is 0 Å². The van der Waals surface area contributed by atoms with E-state index in [2.05, 4.69) is 0 Å². The van der Waals surface area contributed by atoms with Gasteiger partial charge in [0.2, 0.25) is 0 Å². The summed E-state index contributed by atoms with van der Waals surface area (Å²) in [5.41, 5.74) is 0. The van der Waals surface area contributed by atoms with Gasteiger partial charge in [-0.25, -0.2) is 0 Å². The molecule has 0 spiro atoms. The van der Waals surface area contributed by atoms with Crippen LogP contribution in [0.5, 0.6) is 0 Å². The van der Waals surface area contributed by atoms with E-state index in [9.17, 15) is 56.2 Å². The molecule has 11 N–H and O–H groups in total. The van der Waals surface area contributed by atoms with Crippen LogP contribution >= 0.6 is 0 Å². The average molecular weight is 504 g/mol. The molecule has 3 heterocycles. The van der Waals surface area contributed by atoms with E-state index in [4.69, 9.17) is 23.7 Å². The monoisotopic (exact) mass is 504 g/mol. The van der Waals surface area contributed by atoms with Gasteiger partial charge < -0.3 is 79.9 Å². The van der Waals surface area contributed by atoms with Gasteiger partial charge in [-0.2, -0.15) is 0 Å². The summed E-state index contributed by atoms with van der Waals surface area (Å²) in [7, 11) is 0.